The van der Waals surface area contributed by atoms with Crippen molar-refractivity contribution in [3.63, 3.8) is 0 Å². The summed E-state index contributed by atoms with van der Waals surface area (Å²) in [7, 11) is 0. The van der Waals surface area contributed by atoms with Crippen LogP contribution in [0.4, 0.5) is 4.39 Å². The summed E-state index contributed by atoms with van der Waals surface area (Å²) in [6.45, 7) is 2.32. The highest BCUT2D eigenvalue weighted by atomic mass is 19.1. The van der Waals surface area contributed by atoms with E-state index in [0.29, 0.717) is 25.9 Å². The molecule has 1 aliphatic rings. The molecule has 2 aromatic rings. The molecule has 0 spiro atoms. The van der Waals surface area contributed by atoms with Gasteiger partial charge in [-0.25, -0.2) is 4.39 Å². The minimum absolute atomic E-state index is 0.0738. The summed E-state index contributed by atoms with van der Waals surface area (Å²) in [6.07, 6.45) is 2.01. The largest absolute Gasteiger partial charge is 0.491 e. The van der Waals surface area contributed by atoms with Crippen molar-refractivity contribution in [2.24, 2.45) is 0 Å². The molecular weight excluding hydrogens is 359 g/mol. The van der Waals surface area contributed by atoms with Crippen molar-refractivity contribution < 1.29 is 19.0 Å². The van der Waals surface area contributed by atoms with Crippen molar-refractivity contribution >= 4 is 5.91 Å². The van der Waals surface area contributed by atoms with Gasteiger partial charge in [0, 0.05) is 13.1 Å². The van der Waals surface area contributed by atoms with Gasteiger partial charge in [-0.3, -0.25) is 9.69 Å². The van der Waals surface area contributed by atoms with Crippen molar-refractivity contribution in [2.45, 2.75) is 31.4 Å². The molecule has 0 bridgehead atoms. The second kappa shape index (κ2) is 9.66. The number of hydrogen-bond donors (Lipinski definition) is 2. The van der Waals surface area contributed by atoms with Gasteiger partial charge in [-0.1, -0.05) is 30.3 Å². The Morgan fingerprint density at radius 2 is 1.86 bits per heavy atom. The first-order valence-electron chi connectivity index (χ1n) is 9.66. The number of benzene rings is 2. The monoisotopic (exact) mass is 386 g/mol. The Morgan fingerprint density at radius 3 is 2.61 bits per heavy atom. The number of para-hydroxylation sites is 1. The Labute approximate surface area is 165 Å². The molecule has 150 valence electrons. The molecule has 6 heteroatoms. The molecule has 1 saturated heterocycles. The van der Waals surface area contributed by atoms with Crippen LogP contribution >= 0.6 is 0 Å². The molecule has 3 rings (SSSR count). The Balaban J connectivity index is 1.42. The number of carbonyl (C=O) groups excluding carboxylic acids is 1. The van der Waals surface area contributed by atoms with Crippen LogP contribution in [0.2, 0.25) is 0 Å². The number of likely N-dealkylation sites (tertiary alicyclic amines) is 1. The van der Waals surface area contributed by atoms with E-state index in [-0.39, 0.29) is 24.9 Å². The molecule has 2 N–H and O–H groups in total. The molecule has 1 aliphatic heterocycles. The van der Waals surface area contributed by atoms with Crippen LogP contribution in [0.15, 0.2) is 54.6 Å². The topological polar surface area (TPSA) is 61.8 Å². The van der Waals surface area contributed by atoms with Gasteiger partial charge in [0.15, 0.2) is 0 Å². The molecule has 0 aliphatic carbocycles. The fourth-order valence-corrected chi connectivity index (χ4v) is 3.33. The highest BCUT2D eigenvalue weighted by molar-refractivity contribution is 5.78. The normalized spacial score (nSPS) is 20.4. The number of ether oxygens (including phenoxy) is 1. The van der Waals surface area contributed by atoms with Gasteiger partial charge < -0.3 is 15.2 Å². The fraction of sp³-hybridized carbons (Fsp3) is 0.409. The molecule has 1 atom stereocenters. The molecule has 2 aromatic carbocycles. The third-order valence-electron chi connectivity index (χ3n) is 5.03. The zero-order valence-electron chi connectivity index (χ0n) is 15.9. The van der Waals surface area contributed by atoms with Crippen molar-refractivity contribution in [3.05, 3.63) is 66.0 Å². The van der Waals surface area contributed by atoms with Gasteiger partial charge in [0.2, 0.25) is 5.91 Å². The zero-order valence-corrected chi connectivity index (χ0v) is 15.9. The van der Waals surface area contributed by atoms with Gasteiger partial charge in [0.1, 0.15) is 18.2 Å². The summed E-state index contributed by atoms with van der Waals surface area (Å²) in [6, 6.07) is 15.6. The van der Waals surface area contributed by atoms with Crippen molar-refractivity contribution in [2.75, 3.05) is 26.2 Å². The van der Waals surface area contributed by atoms with E-state index in [1.54, 1.807) is 12.1 Å². The van der Waals surface area contributed by atoms with Gasteiger partial charge in [0.25, 0.3) is 0 Å². The maximum atomic E-state index is 12.9. The fourth-order valence-electron chi connectivity index (χ4n) is 3.33. The molecule has 1 amide bonds. The lowest BCUT2D eigenvalue weighted by atomic mass is 9.96. The SMILES string of the molecule is O=C(CN1CCCC(O)(COc2ccccc2)CC1)NCc1ccc(F)cc1. The number of amides is 1. The number of nitrogens with zero attached hydrogens (tertiary/aromatic N) is 1. The van der Waals surface area contributed by atoms with Crippen LogP contribution in [0.25, 0.3) is 0 Å². The summed E-state index contributed by atoms with van der Waals surface area (Å²) in [5.41, 5.74) is -0.0205. The predicted octanol–water partition coefficient (Wildman–Crippen LogP) is 2.74. The highest BCUT2D eigenvalue weighted by Gasteiger charge is 2.31. The van der Waals surface area contributed by atoms with E-state index >= 15 is 0 Å². The molecule has 1 unspecified atom stereocenters. The quantitative estimate of drug-likeness (QED) is 0.768. The number of halogens is 1. The Morgan fingerprint density at radius 1 is 1.11 bits per heavy atom. The zero-order chi connectivity index (χ0) is 19.8. The minimum Gasteiger partial charge on any atom is -0.491 e. The molecule has 1 heterocycles. The number of nitrogens with one attached hydrogen (secondary N) is 1. The molecular formula is C22H27FN2O3. The predicted molar refractivity (Wildman–Crippen MR) is 105 cm³/mol. The van der Waals surface area contributed by atoms with Crippen molar-refractivity contribution in [1.29, 1.82) is 0 Å². The second-order valence-electron chi connectivity index (χ2n) is 7.36. The van der Waals surface area contributed by atoms with E-state index in [1.165, 1.54) is 12.1 Å². The molecule has 0 radical (unpaired) electrons. The number of aliphatic hydroxyl groups is 1. The average molecular weight is 386 g/mol. The van der Waals surface area contributed by atoms with Crippen LogP contribution in [-0.4, -0.2) is 47.8 Å². The Kier molecular flexibility index (Phi) is 7.01. The smallest absolute Gasteiger partial charge is 0.234 e. The van der Waals surface area contributed by atoms with Crippen LogP contribution in [0.1, 0.15) is 24.8 Å². The van der Waals surface area contributed by atoms with Gasteiger partial charge in [0.05, 0.1) is 12.1 Å². The molecule has 1 fully saturated rings. The lowest BCUT2D eigenvalue weighted by Crippen LogP contribution is -2.40. The van der Waals surface area contributed by atoms with E-state index in [2.05, 4.69) is 10.2 Å². The summed E-state index contributed by atoms with van der Waals surface area (Å²) < 4.78 is 18.7. The second-order valence-corrected chi connectivity index (χ2v) is 7.36. The highest BCUT2D eigenvalue weighted by Crippen LogP contribution is 2.24. The minimum atomic E-state index is -0.880. The lowest BCUT2D eigenvalue weighted by molar-refractivity contribution is -0.122. The number of rotatable bonds is 7. The first-order chi connectivity index (χ1) is 13.5. The molecule has 0 saturated carbocycles. The van der Waals surface area contributed by atoms with Crippen LogP contribution in [-0.2, 0) is 11.3 Å². The summed E-state index contributed by atoms with van der Waals surface area (Å²) in [5, 5.41) is 13.7. The van der Waals surface area contributed by atoms with Gasteiger partial charge >= 0.3 is 0 Å². The van der Waals surface area contributed by atoms with Crippen molar-refractivity contribution in [1.82, 2.24) is 10.2 Å². The van der Waals surface area contributed by atoms with E-state index in [4.69, 9.17) is 4.74 Å². The van der Waals surface area contributed by atoms with E-state index in [9.17, 15) is 14.3 Å². The Bertz CT molecular complexity index is 754. The van der Waals surface area contributed by atoms with Gasteiger partial charge in [-0.15, -0.1) is 0 Å². The summed E-state index contributed by atoms with van der Waals surface area (Å²) in [5.74, 6) is 0.385. The standard InChI is InChI=1S/C22H27FN2O3/c23-19-9-7-18(8-10-19)15-24-21(26)16-25-13-4-11-22(27,12-14-25)17-28-20-5-2-1-3-6-20/h1-3,5-10,27H,4,11-17H2,(H,24,26). The van der Waals surface area contributed by atoms with E-state index in [1.807, 2.05) is 30.3 Å². The first kappa shape index (κ1) is 20.3. The van der Waals surface area contributed by atoms with Crippen LogP contribution < -0.4 is 10.1 Å². The molecule has 0 aromatic heterocycles. The average Bonchev–Trinajstić information content (AvgIpc) is 2.89. The van der Waals surface area contributed by atoms with Crippen LogP contribution in [0.3, 0.4) is 0 Å². The first-order valence-corrected chi connectivity index (χ1v) is 9.66. The molecule has 28 heavy (non-hydrogen) atoms. The lowest BCUT2D eigenvalue weighted by Gasteiger charge is -2.27. The summed E-state index contributed by atoms with van der Waals surface area (Å²) >= 11 is 0. The number of carbonyl (C=O) groups is 1. The maximum absolute atomic E-state index is 12.9. The van der Waals surface area contributed by atoms with E-state index in [0.717, 1.165) is 24.3 Å². The Hall–Kier alpha value is -2.44. The van der Waals surface area contributed by atoms with E-state index < -0.39 is 5.60 Å². The van der Waals surface area contributed by atoms with Crippen molar-refractivity contribution in [3.8, 4) is 5.75 Å². The van der Waals surface area contributed by atoms with Gasteiger partial charge in [-0.2, -0.15) is 0 Å². The third kappa shape index (κ3) is 6.32. The van der Waals surface area contributed by atoms with Crippen LogP contribution in [0, 0.1) is 5.82 Å². The maximum Gasteiger partial charge on any atom is 0.234 e. The third-order valence-corrected chi connectivity index (χ3v) is 5.03. The van der Waals surface area contributed by atoms with Gasteiger partial charge in [-0.05, 0) is 55.6 Å². The van der Waals surface area contributed by atoms with Crippen LogP contribution in [0.5, 0.6) is 5.75 Å². The molecule has 5 nitrogen and oxygen atoms in total. The summed E-state index contributed by atoms with van der Waals surface area (Å²) in [4.78, 5) is 14.3. The number of hydrogen-bond acceptors (Lipinski definition) is 4.